The SMILES string of the molecule is CCC(C)/C=C(\C(=O)C(C)C)C(=NC)SC. The summed E-state index contributed by atoms with van der Waals surface area (Å²) in [6.07, 6.45) is 5.06. The first-order chi connectivity index (χ1) is 7.47. The highest BCUT2D eigenvalue weighted by molar-refractivity contribution is 8.13. The van der Waals surface area contributed by atoms with Gasteiger partial charge in [0.1, 0.15) is 5.04 Å². The molecule has 2 nitrogen and oxygen atoms in total. The molecule has 92 valence electrons. The van der Waals surface area contributed by atoms with Crippen LogP contribution in [0.2, 0.25) is 0 Å². The third-order valence-electron chi connectivity index (χ3n) is 2.51. The molecule has 0 heterocycles. The molecular formula is C13H23NOS. The molecule has 0 bridgehead atoms. The van der Waals surface area contributed by atoms with E-state index in [0.717, 1.165) is 17.0 Å². The number of Topliss-reactive ketones (excluding diaryl/α,β-unsaturated/α-hetero) is 1. The van der Waals surface area contributed by atoms with E-state index in [9.17, 15) is 4.79 Å². The summed E-state index contributed by atoms with van der Waals surface area (Å²) in [5.74, 6) is 0.635. The van der Waals surface area contributed by atoms with Gasteiger partial charge in [0.05, 0.1) is 0 Å². The fourth-order valence-electron chi connectivity index (χ4n) is 1.29. The molecule has 0 saturated heterocycles. The monoisotopic (exact) mass is 241 g/mol. The van der Waals surface area contributed by atoms with Crippen LogP contribution in [0.25, 0.3) is 0 Å². The molecule has 0 aliphatic heterocycles. The Morgan fingerprint density at radius 1 is 1.38 bits per heavy atom. The minimum absolute atomic E-state index is 0.0270. The normalized spacial score (nSPS) is 15.4. The van der Waals surface area contributed by atoms with Gasteiger partial charge in [-0.05, 0) is 12.2 Å². The summed E-state index contributed by atoms with van der Waals surface area (Å²) in [5.41, 5.74) is 0.791. The van der Waals surface area contributed by atoms with E-state index < -0.39 is 0 Å². The van der Waals surface area contributed by atoms with Crippen molar-refractivity contribution in [2.45, 2.75) is 34.1 Å². The maximum absolute atomic E-state index is 12.1. The van der Waals surface area contributed by atoms with E-state index in [0.29, 0.717) is 5.92 Å². The number of carbonyl (C=O) groups excluding carboxylic acids is 1. The molecular weight excluding hydrogens is 218 g/mol. The number of carbonyl (C=O) groups is 1. The Morgan fingerprint density at radius 3 is 2.25 bits per heavy atom. The van der Waals surface area contributed by atoms with Crippen molar-refractivity contribution in [1.82, 2.24) is 0 Å². The molecule has 0 spiro atoms. The third-order valence-corrected chi connectivity index (χ3v) is 3.30. The van der Waals surface area contributed by atoms with E-state index in [1.165, 1.54) is 11.8 Å². The van der Waals surface area contributed by atoms with Crippen LogP contribution in [0.5, 0.6) is 0 Å². The largest absolute Gasteiger partial charge is 0.294 e. The van der Waals surface area contributed by atoms with Crippen LogP contribution in [-0.2, 0) is 4.79 Å². The molecule has 0 aliphatic carbocycles. The van der Waals surface area contributed by atoms with Crippen molar-refractivity contribution in [2.24, 2.45) is 16.8 Å². The summed E-state index contributed by atoms with van der Waals surface area (Å²) in [5, 5.41) is 0.846. The minimum Gasteiger partial charge on any atom is -0.294 e. The molecule has 0 aromatic heterocycles. The molecule has 0 aromatic rings. The van der Waals surface area contributed by atoms with Crippen LogP contribution < -0.4 is 0 Å². The zero-order chi connectivity index (χ0) is 12.7. The number of aliphatic imine (C=N–C) groups is 1. The van der Waals surface area contributed by atoms with Crippen molar-refractivity contribution in [3.05, 3.63) is 11.6 Å². The Bertz CT molecular complexity index is 292. The van der Waals surface area contributed by atoms with Crippen LogP contribution in [0, 0.1) is 11.8 Å². The number of thioether (sulfide) groups is 1. The molecule has 0 aromatic carbocycles. The minimum atomic E-state index is 0.0270. The van der Waals surface area contributed by atoms with Crippen LogP contribution >= 0.6 is 11.8 Å². The van der Waals surface area contributed by atoms with E-state index in [1.54, 1.807) is 7.05 Å². The summed E-state index contributed by atoms with van der Waals surface area (Å²) >= 11 is 1.54. The highest BCUT2D eigenvalue weighted by Crippen LogP contribution is 2.18. The van der Waals surface area contributed by atoms with Gasteiger partial charge in [-0.25, -0.2) is 0 Å². The van der Waals surface area contributed by atoms with E-state index in [2.05, 4.69) is 24.9 Å². The number of nitrogens with zero attached hydrogens (tertiary/aromatic N) is 1. The van der Waals surface area contributed by atoms with Crippen molar-refractivity contribution < 1.29 is 4.79 Å². The highest BCUT2D eigenvalue weighted by atomic mass is 32.2. The number of ketones is 1. The first kappa shape index (κ1) is 15.4. The van der Waals surface area contributed by atoms with Crippen molar-refractivity contribution in [3.63, 3.8) is 0 Å². The average molecular weight is 241 g/mol. The van der Waals surface area contributed by atoms with Gasteiger partial charge in [0.25, 0.3) is 0 Å². The van der Waals surface area contributed by atoms with Crippen LogP contribution in [-0.4, -0.2) is 24.1 Å². The lowest BCUT2D eigenvalue weighted by Crippen LogP contribution is -2.17. The molecule has 1 atom stereocenters. The summed E-state index contributed by atoms with van der Waals surface area (Å²) < 4.78 is 0. The average Bonchev–Trinajstić information content (AvgIpc) is 2.27. The lowest BCUT2D eigenvalue weighted by Gasteiger charge is -2.12. The van der Waals surface area contributed by atoms with Gasteiger partial charge in [-0.1, -0.05) is 40.2 Å². The lowest BCUT2D eigenvalue weighted by atomic mass is 9.97. The topological polar surface area (TPSA) is 29.4 Å². The lowest BCUT2D eigenvalue weighted by molar-refractivity contribution is -0.117. The van der Waals surface area contributed by atoms with Gasteiger partial charge in [0.2, 0.25) is 0 Å². The zero-order valence-electron chi connectivity index (χ0n) is 11.2. The second-order valence-electron chi connectivity index (χ2n) is 4.22. The van der Waals surface area contributed by atoms with Gasteiger partial charge in [-0.15, -0.1) is 11.8 Å². The summed E-state index contributed by atoms with van der Waals surface area (Å²) in [6.45, 7) is 8.11. The Balaban J connectivity index is 5.21. The molecule has 0 radical (unpaired) electrons. The zero-order valence-corrected chi connectivity index (χ0v) is 12.0. The number of hydrogen-bond donors (Lipinski definition) is 0. The van der Waals surface area contributed by atoms with Gasteiger partial charge in [-0.3, -0.25) is 9.79 Å². The van der Waals surface area contributed by atoms with E-state index in [-0.39, 0.29) is 11.7 Å². The maximum atomic E-state index is 12.1. The number of rotatable bonds is 5. The van der Waals surface area contributed by atoms with Crippen molar-refractivity contribution in [3.8, 4) is 0 Å². The van der Waals surface area contributed by atoms with Crippen LogP contribution in [0.1, 0.15) is 34.1 Å². The molecule has 3 heteroatoms. The van der Waals surface area contributed by atoms with E-state index in [1.807, 2.05) is 20.1 Å². The van der Waals surface area contributed by atoms with Gasteiger partial charge in [0, 0.05) is 18.5 Å². The fourth-order valence-corrected chi connectivity index (χ4v) is 1.87. The van der Waals surface area contributed by atoms with E-state index >= 15 is 0 Å². The number of hydrogen-bond acceptors (Lipinski definition) is 3. The summed E-state index contributed by atoms with van der Waals surface area (Å²) in [4.78, 5) is 16.3. The second-order valence-corrected chi connectivity index (χ2v) is 5.01. The predicted octanol–water partition coefficient (Wildman–Crippen LogP) is 3.58. The Morgan fingerprint density at radius 2 is 1.94 bits per heavy atom. The fraction of sp³-hybridized carbons (Fsp3) is 0.692. The number of allylic oxidation sites excluding steroid dienone is 1. The molecule has 1 unspecified atom stereocenters. The molecule has 16 heavy (non-hydrogen) atoms. The Hall–Kier alpha value is -0.570. The first-order valence-electron chi connectivity index (χ1n) is 5.75. The Kier molecular flexibility index (Phi) is 7.39. The van der Waals surface area contributed by atoms with Gasteiger partial charge < -0.3 is 0 Å². The van der Waals surface area contributed by atoms with Gasteiger partial charge in [-0.2, -0.15) is 0 Å². The molecule has 0 N–H and O–H groups in total. The smallest absolute Gasteiger partial charge is 0.167 e. The molecule has 0 fully saturated rings. The summed E-state index contributed by atoms with van der Waals surface area (Å²) in [7, 11) is 1.74. The van der Waals surface area contributed by atoms with Crippen molar-refractivity contribution >= 4 is 22.6 Å². The molecule has 0 amide bonds. The van der Waals surface area contributed by atoms with Gasteiger partial charge in [0.15, 0.2) is 5.78 Å². The van der Waals surface area contributed by atoms with Gasteiger partial charge >= 0.3 is 0 Å². The van der Waals surface area contributed by atoms with Crippen LogP contribution in [0.15, 0.2) is 16.6 Å². The third kappa shape index (κ3) is 4.52. The highest BCUT2D eigenvalue weighted by Gasteiger charge is 2.18. The molecule has 0 rings (SSSR count). The predicted molar refractivity (Wildman–Crippen MR) is 74.3 cm³/mol. The molecule has 0 aliphatic rings. The van der Waals surface area contributed by atoms with E-state index in [4.69, 9.17) is 0 Å². The van der Waals surface area contributed by atoms with Crippen LogP contribution in [0.4, 0.5) is 0 Å². The molecule has 0 saturated carbocycles. The van der Waals surface area contributed by atoms with Crippen molar-refractivity contribution in [1.29, 1.82) is 0 Å². The summed E-state index contributed by atoms with van der Waals surface area (Å²) in [6, 6.07) is 0. The second kappa shape index (κ2) is 7.66. The Labute approximate surface area is 104 Å². The first-order valence-corrected chi connectivity index (χ1v) is 6.97. The van der Waals surface area contributed by atoms with Crippen molar-refractivity contribution in [2.75, 3.05) is 13.3 Å². The maximum Gasteiger partial charge on any atom is 0.167 e. The standard InChI is InChI=1S/C13H23NOS/c1-7-10(4)8-11(12(15)9(2)3)13(14-5)16-6/h8-10H,7H2,1-6H3/b11-8+,14-13?. The quantitative estimate of drug-likeness (QED) is 0.418. The van der Waals surface area contributed by atoms with Crippen LogP contribution in [0.3, 0.4) is 0 Å².